The third-order valence-electron chi connectivity index (χ3n) is 21.4. The van der Waals surface area contributed by atoms with Crippen LogP contribution in [0, 0.1) is 5.82 Å². The van der Waals surface area contributed by atoms with Gasteiger partial charge in [-0.15, -0.1) is 0 Å². The molecule has 4 aliphatic rings. The second kappa shape index (κ2) is 32.5. The number of sulfonamides is 1. The summed E-state index contributed by atoms with van der Waals surface area (Å²) in [6, 6.07) is 71.4. The van der Waals surface area contributed by atoms with Gasteiger partial charge in [0.05, 0.1) is 59.0 Å². The van der Waals surface area contributed by atoms with E-state index in [1.54, 1.807) is 90.8 Å². The van der Waals surface area contributed by atoms with Gasteiger partial charge in [-0.2, -0.15) is 5.10 Å². The summed E-state index contributed by atoms with van der Waals surface area (Å²) in [7, 11) is 0.127. The zero-order chi connectivity index (χ0) is 82.0. The minimum atomic E-state index is -3.34. The summed E-state index contributed by atoms with van der Waals surface area (Å²) in [4.78, 5) is 77.8. The van der Waals surface area contributed by atoms with Crippen LogP contribution in [0.2, 0.25) is 5.02 Å². The van der Waals surface area contributed by atoms with Crippen LogP contribution in [0.25, 0.3) is 54.5 Å². The minimum absolute atomic E-state index is 0.0562. The van der Waals surface area contributed by atoms with E-state index in [9.17, 15) is 50.7 Å². The number of hydrogen-bond acceptors (Lipinski definition) is 10. The van der Waals surface area contributed by atoms with Crippen LogP contribution in [0.5, 0.6) is 11.5 Å². The number of rotatable bonds is 19. The quantitative estimate of drug-likeness (QED) is 0.0363. The van der Waals surface area contributed by atoms with Crippen LogP contribution in [0.4, 0.5) is 18.9 Å². The van der Waals surface area contributed by atoms with Gasteiger partial charge in [0.1, 0.15) is 45.8 Å². The average molecular weight is 1620 g/mol. The molecule has 6 aromatic heterocycles. The van der Waals surface area contributed by atoms with Crippen LogP contribution >= 0.6 is 11.6 Å². The van der Waals surface area contributed by atoms with E-state index >= 15 is 0 Å². The van der Waals surface area contributed by atoms with Crippen molar-refractivity contribution in [3.05, 3.63) is 322 Å². The van der Waals surface area contributed by atoms with Crippen LogP contribution in [0.1, 0.15) is 157 Å². The van der Waals surface area contributed by atoms with E-state index in [-0.39, 0.29) is 69.0 Å². The van der Waals surface area contributed by atoms with Gasteiger partial charge >= 0.3 is 0 Å². The van der Waals surface area contributed by atoms with Crippen LogP contribution in [-0.2, 0) is 39.2 Å². The fourth-order valence-corrected chi connectivity index (χ4v) is 15.2. The first-order chi connectivity index (χ1) is 56.2. The number of aromatic hydroxyl groups is 1. The number of methoxy groups -OCH3 is 1. The highest BCUT2D eigenvalue weighted by atomic mass is 35.5. The molecule has 9 aromatic carbocycles. The molecule has 6 heterocycles. The normalized spacial score (nSPS) is 15.0. The molecule has 0 aliphatic heterocycles. The number of carbonyl (C=O) groups excluding carboxylic acids is 5. The summed E-state index contributed by atoms with van der Waals surface area (Å²) in [6.07, 6.45) is 9.60. The predicted molar refractivity (Wildman–Crippen MR) is 446 cm³/mol. The Bertz CT molecular complexity index is 6330. The summed E-state index contributed by atoms with van der Waals surface area (Å²) in [5.41, 5.74) is 10.2. The molecule has 4 fully saturated rings. The number of benzene rings is 9. The number of aryl methyl sites for hydroxylation is 1. The van der Waals surface area contributed by atoms with Crippen molar-refractivity contribution in [2.45, 2.75) is 92.9 Å². The van der Waals surface area contributed by atoms with Gasteiger partial charge in [-0.25, -0.2) is 21.6 Å². The molecule has 0 saturated heterocycles. The zero-order valence-corrected chi connectivity index (χ0v) is 65.6. The average Bonchev–Trinajstić information content (AvgIpc) is 1.62. The van der Waals surface area contributed by atoms with Gasteiger partial charge in [-0.1, -0.05) is 151 Å². The van der Waals surface area contributed by atoms with E-state index in [1.807, 2.05) is 154 Å². The molecule has 19 rings (SSSR count). The molecule has 0 spiro atoms. The summed E-state index contributed by atoms with van der Waals surface area (Å²) in [6.45, 7) is 1.93. The molecule has 1 unspecified atom stereocenters. The zero-order valence-electron chi connectivity index (χ0n) is 64.0. The molecule has 27 heteroatoms. The van der Waals surface area contributed by atoms with Crippen LogP contribution in [0.3, 0.4) is 0 Å². The lowest BCUT2D eigenvalue weighted by Gasteiger charge is -2.17. The first kappa shape index (κ1) is 78.9. The van der Waals surface area contributed by atoms with Gasteiger partial charge in [0, 0.05) is 78.4 Å². The Hall–Kier alpha value is -13.3. The number of halogens is 4. The molecular formula is C90H83ClF3N13O9S. The molecule has 15 aromatic rings. The molecule has 0 radical (unpaired) electrons. The van der Waals surface area contributed by atoms with Gasteiger partial charge in [0.2, 0.25) is 10.0 Å². The van der Waals surface area contributed by atoms with Crippen molar-refractivity contribution in [1.82, 2.24) is 61.3 Å². The molecule has 22 nitrogen and oxygen atoms in total. The Balaban J connectivity index is 0.000000115. The highest BCUT2D eigenvalue weighted by Gasteiger charge is 2.49. The molecule has 4 saturated carbocycles. The maximum absolute atomic E-state index is 13.9. The lowest BCUT2D eigenvalue weighted by atomic mass is 10.0. The second-order valence-electron chi connectivity index (χ2n) is 30.1. The number of amides is 5. The van der Waals surface area contributed by atoms with E-state index in [2.05, 4.69) is 73.5 Å². The van der Waals surface area contributed by atoms with Crippen molar-refractivity contribution in [2.24, 2.45) is 7.05 Å². The van der Waals surface area contributed by atoms with Crippen LogP contribution in [0.15, 0.2) is 249 Å². The summed E-state index contributed by atoms with van der Waals surface area (Å²) in [5, 5.41) is 33.3. The Morgan fingerprint density at radius 1 is 0.479 bits per heavy atom. The summed E-state index contributed by atoms with van der Waals surface area (Å²) >= 11 is 5.85. The number of nitrogens with zero attached hydrogens (tertiary/aromatic N) is 2. The molecule has 4 aliphatic carbocycles. The van der Waals surface area contributed by atoms with E-state index in [0.29, 0.717) is 61.1 Å². The Morgan fingerprint density at radius 2 is 0.889 bits per heavy atom. The lowest BCUT2D eigenvalue weighted by Crippen LogP contribution is -2.35. The number of aromatic nitrogens is 7. The lowest BCUT2D eigenvalue weighted by molar-refractivity contribution is 0.0918. The Morgan fingerprint density at radius 3 is 1.32 bits per heavy atom. The number of fused-ring (bicyclic) bond motifs is 5. The van der Waals surface area contributed by atoms with E-state index in [0.717, 1.165) is 124 Å². The maximum Gasteiger partial charge on any atom is 0.268 e. The van der Waals surface area contributed by atoms with Gasteiger partial charge in [0.25, 0.3) is 36.0 Å². The number of hydrogen-bond donors (Lipinski definition) is 12. The monoisotopic (exact) mass is 1610 g/mol. The molecule has 12 N–H and O–H groups in total. The van der Waals surface area contributed by atoms with Crippen molar-refractivity contribution in [3.63, 3.8) is 0 Å². The second-order valence-corrected chi connectivity index (χ2v) is 32.3. The first-order valence-corrected chi connectivity index (χ1v) is 40.3. The molecule has 5 amide bonds. The number of phenols is 1. The third kappa shape index (κ3) is 18.3. The van der Waals surface area contributed by atoms with Gasteiger partial charge in [-0.3, -0.25) is 33.4 Å². The van der Waals surface area contributed by atoms with Crippen LogP contribution in [-0.4, -0.2) is 91.1 Å². The van der Waals surface area contributed by atoms with E-state index in [4.69, 9.17) is 16.3 Å². The number of H-pyrrole nitrogens is 5. The largest absolute Gasteiger partial charge is 0.508 e. The van der Waals surface area contributed by atoms with Crippen molar-refractivity contribution in [1.29, 1.82) is 0 Å². The standard InChI is InChI=1S/C19H16F2N2O.C19H19N3O3S.C18H14ClFN2O.C18H16N2O2.C16H18N4O2/c20-17(21)13-7-6-12-10-16(22-15(12)11-13)18(24)23-19(8-9-19)14-4-2-1-3-5-14;1-26(24,25)22-15-8-7-13-11-17(20-16(13)12-15)18(23)21-19(9-10-19)14-5-3-2-4-6-14;19-13-8-11-9-15(21-16(11)14(20)10-13)17(23)22-18(6-7-18)12-4-2-1-3-5-12;21-14-6-7-15-12(10-14)11-16(19-15)17(22)20-18(8-9-18)13-4-2-1-3-5-13;1-10(12-8-17-20(2)9-12)18-16(21)15-7-11-6-13(22-3)4-5-14(11)19-15/h1-7,10-11,17,22H,8-9H2,(H,23,24);2-8,11-12,20,22H,9-10H2,1H3,(H,21,23);1-5,8-10,21H,6-7H2,(H,22,23);1-7,10-11,19,21H,8-9H2,(H,20,22);4-10,19H,1-3H3,(H,18,21). The predicted octanol–water partition coefficient (Wildman–Crippen LogP) is 17.6. The smallest absolute Gasteiger partial charge is 0.268 e. The molecule has 0 bridgehead atoms. The van der Waals surface area contributed by atoms with Gasteiger partial charge in [0.15, 0.2) is 0 Å². The SMILES string of the molecule is COc1ccc2[nH]c(C(=O)NC(C)c3cnn(C)c3)cc2c1.CS(=O)(=O)Nc1ccc2cc(C(=O)NC3(c4ccccc4)CC3)[nH]c2c1.O=C(NC1(c2ccccc2)CC1)c1cc2cc(Cl)cc(F)c2[nH]1.O=C(NC1(c2ccccc2)CC1)c1cc2cc(O)ccc2[nH]1.O=C(NC1(c2ccccc2)CC1)c1cc2ccc(C(F)F)cc2[nH]1. The van der Waals surface area contributed by atoms with Crippen molar-refractivity contribution in [2.75, 3.05) is 18.1 Å². The van der Waals surface area contributed by atoms with E-state index in [1.165, 1.54) is 18.2 Å². The number of nitrogens with one attached hydrogen (secondary N) is 11. The highest BCUT2D eigenvalue weighted by molar-refractivity contribution is 7.92. The van der Waals surface area contributed by atoms with Crippen molar-refractivity contribution in [3.8, 4) is 11.5 Å². The maximum atomic E-state index is 13.9. The van der Waals surface area contributed by atoms with Crippen molar-refractivity contribution >= 4 is 111 Å². The number of anilines is 1. The summed E-state index contributed by atoms with van der Waals surface area (Å²) < 4.78 is 71.5. The molecule has 117 heavy (non-hydrogen) atoms. The highest BCUT2D eigenvalue weighted by Crippen LogP contribution is 2.49. The number of ether oxygens (including phenoxy) is 1. The molecule has 1 atom stereocenters. The van der Waals surface area contributed by atoms with Crippen LogP contribution < -0.4 is 36.0 Å². The van der Waals surface area contributed by atoms with Gasteiger partial charge < -0.3 is 61.3 Å². The first-order valence-electron chi connectivity index (χ1n) is 38.0. The Labute approximate surface area is 675 Å². The number of phenolic OH excluding ortho intramolecular Hbond substituents is 1. The minimum Gasteiger partial charge on any atom is -0.508 e. The van der Waals surface area contributed by atoms with Gasteiger partial charge in [-0.05, 0) is 178 Å². The number of alkyl halides is 2. The van der Waals surface area contributed by atoms with Crippen molar-refractivity contribution < 1.29 is 55.4 Å². The number of carbonyl (C=O) groups is 5. The topological polar surface area (TPSA) is 318 Å². The molecule has 596 valence electrons. The summed E-state index contributed by atoms with van der Waals surface area (Å²) in [5.74, 6) is -0.382. The van der Waals surface area contributed by atoms with E-state index < -0.39 is 22.3 Å². The molecular weight excluding hydrogens is 1530 g/mol. The Kier molecular flexibility index (Phi) is 21.9. The third-order valence-corrected chi connectivity index (χ3v) is 22.2. The fourth-order valence-electron chi connectivity index (χ4n) is 14.5. The fraction of sp³-hybridized carbons (Fsp3) is 0.200. The number of aromatic amines is 5.